The quantitative estimate of drug-likeness (QED) is 0.0994. The standard InChI is InChI=1S/C33H24F17Si/c1-51(2)25(23-13-11-19-7-3-5-9-21(19)17-23,24-14-12-20-8-4-6-10-22(20)18-24)15-16-26(34,35)27(36,37)28(38,39)29(40,41)30(42,43)31(44,45)32(46,47)33(48,49)50/h3-14,17-18H,15-16H2,1-2H3. The van der Waals surface area contributed by atoms with Crippen molar-refractivity contribution in [1.82, 2.24) is 0 Å². The van der Waals surface area contributed by atoms with Gasteiger partial charge in [-0.15, -0.1) is 0 Å². The molecule has 0 unspecified atom stereocenters. The van der Waals surface area contributed by atoms with Crippen LogP contribution in [0.25, 0.3) is 21.5 Å². The van der Waals surface area contributed by atoms with E-state index in [-0.39, 0.29) is 11.1 Å². The maximum Gasteiger partial charge on any atom is 0.460 e. The van der Waals surface area contributed by atoms with Crippen molar-refractivity contribution in [2.45, 2.75) is 78.6 Å². The number of fused-ring (bicyclic) bond motifs is 2. The minimum Gasteiger partial charge on any atom is -0.200 e. The van der Waals surface area contributed by atoms with Crippen molar-refractivity contribution >= 4 is 30.3 Å². The van der Waals surface area contributed by atoms with Gasteiger partial charge in [-0.25, -0.2) is 0 Å². The number of halogens is 17. The number of rotatable bonds is 12. The van der Waals surface area contributed by atoms with Gasteiger partial charge in [0.25, 0.3) is 0 Å². The van der Waals surface area contributed by atoms with E-state index in [9.17, 15) is 65.9 Å². The van der Waals surface area contributed by atoms with Crippen LogP contribution in [-0.2, 0) is 5.04 Å². The van der Waals surface area contributed by atoms with Gasteiger partial charge in [0.1, 0.15) is 0 Å². The fraction of sp³-hybridized carbons (Fsp3) is 0.394. The van der Waals surface area contributed by atoms with Gasteiger partial charge in [-0.3, -0.25) is 0 Å². The molecule has 0 aliphatic heterocycles. The average molecular weight is 772 g/mol. The summed E-state index contributed by atoms with van der Waals surface area (Å²) < 4.78 is 238. The Hall–Kier alpha value is -3.57. The van der Waals surface area contributed by atoms with Crippen LogP contribution < -0.4 is 0 Å². The van der Waals surface area contributed by atoms with Crippen molar-refractivity contribution in [2.24, 2.45) is 0 Å². The smallest absolute Gasteiger partial charge is 0.200 e. The maximum absolute atomic E-state index is 15.4. The fourth-order valence-corrected chi connectivity index (χ4v) is 7.98. The van der Waals surface area contributed by atoms with Crippen LogP contribution in [-0.4, -0.2) is 56.4 Å². The van der Waals surface area contributed by atoms with Gasteiger partial charge in [0.05, 0.1) is 8.80 Å². The second-order valence-corrected chi connectivity index (χ2v) is 15.0. The predicted molar refractivity (Wildman–Crippen MR) is 156 cm³/mol. The molecule has 0 aliphatic rings. The molecule has 279 valence electrons. The Morgan fingerprint density at radius 2 is 0.725 bits per heavy atom. The van der Waals surface area contributed by atoms with Crippen molar-refractivity contribution in [3.63, 3.8) is 0 Å². The monoisotopic (exact) mass is 771 g/mol. The predicted octanol–water partition coefficient (Wildman–Crippen LogP) is 12.4. The molecule has 0 N–H and O–H groups in total. The molecule has 0 heterocycles. The van der Waals surface area contributed by atoms with Crippen molar-refractivity contribution in [2.75, 3.05) is 0 Å². The summed E-state index contributed by atoms with van der Waals surface area (Å²) in [5.41, 5.74) is 0.319. The number of hydrogen-bond donors (Lipinski definition) is 0. The van der Waals surface area contributed by atoms with E-state index in [2.05, 4.69) is 0 Å². The largest absolute Gasteiger partial charge is 0.460 e. The van der Waals surface area contributed by atoms with E-state index in [0.29, 0.717) is 21.5 Å². The van der Waals surface area contributed by atoms with E-state index in [4.69, 9.17) is 0 Å². The van der Waals surface area contributed by atoms with E-state index in [1.54, 1.807) is 48.5 Å². The van der Waals surface area contributed by atoms with Crippen molar-refractivity contribution < 1.29 is 74.6 Å². The van der Waals surface area contributed by atoms with Gasteiger partial charge in [-0.1, -0.05) is 98.0 Å². The third-order valence-corrected chi connectivity index (χ3v) is 11.5. The van der Waals surface area contributed by atoms with E-state index in [1.165, 1.54) is 49.5 Å². The molecule has 4 rings (SSSR count). The zero-order valence-electron chi connectivity index (χ0n) is 25.9. The molecule has 0 atom stereocenters. The molecule has 0 aromatic heterocycles. The van der Waals surface area contributed by atoms with Gasteiger partial charge >= 0.3 is 47.6 Å². The SMILES string of the molecule is C[Si](C)C(CCC(F)(F)C(F)(F)C(F)(F)C(F)(F)C(F)(F)C(F)(F)C(F)(F)C(F)(F)F)(c1ccc2ccccc2c1)c1ccc2ccccc2c1. The topological polar surface area (TPSA) is 0 Å². The Morgan fingerprint density at radius 1 is 0.392 bits per heavy atom. The molecule has 1 radical (unpaired) electrons. The van der Waals surface area contributed by atoms with Crippen LogP contribution in [0.2, 0.25) is 13.1 Å². The summed E-state index contributed by atoms with van der Waals surface area (Å²) in [5.74, 6) is -56.6. The van der Waals surface area contributed by atoms with Gasteiger partial charge in [0, 0.05) is 11.5 Å². The number of hydrogen-bond acceptors (Lipinski definition) is 0. The lowest BCUT2D eigenvalue weighted by Crippen LogP contribution is -2.74. The highest BCUT2D eigenvalue weighted by atomic mass is 28.3. The van der Waals surface area contributed by atoms with Crippen LogP contribution >= 0.6 is 0 Å². The maximum atomic E-state index is 15.4. The van der Waals surface area contributed by atoms with Crippen molar-refractivity contribution in [3.05, 3.63) is 96.1 Å². The molecular weight excluding hydrogens is 747 g/mol. The first-order valence-corrected chi connectivity index (χ1v) is 17.1. The van der Waals surface area contributed by atoms with Crippen LogP contribution in [0.4, 0.5) is 74.6 Å². The Labute approximate surface area is 279 Å². The molecule has 4 aromatic rings. The van der Waals surface area contributed by atoms with E-state index in [0.717, 1.165) is 0 Å². The minimum atomic E-state index is -8.66. The van der Waals surface area contributed by atoms with Crippen LogP contribution in [0.3, 0.4) is 0 Å². The van der Waals surface area contributed by atoms with E-state index < -0.39 is 74.3 Å². The molecule has 0 nitrogen and oxygen atoms in total. The van der Waals surface area contributed by atoms with E-state index in [1.807, 2.05) is 0 Å². The Balaban J connectivity index is 1.85. The molecule has 0 amide bonds. The summed E-state index contributed by atoms with van der Waals surface area (Å²) in [6.07, 6.45) is -11.6. The van der Waals surface area contributed by atoms with E-state index >= 15 is 8.78 Å². The molecule has 0 saturated carbocycles. The molecule has 51 heavy (non-hydrogen) atoms. The van der Waals surface area contributed by atoms with Crippen molar-refractivity contribution in [1.29, 1.82) is 0 Å². The van der Waals surface area contributed by atoms with Gasteiger partial charge < -0.3 is 0 Å². The normalized spacial score (nSPS) is 14.9. The zero-order chi connectivity index (χ0) is 38.9. The number of alkyl halides is 17. The molecule has 18 heteroatoms. The molecule has 0 aliphatic carbocycles. The summed E-state index contributed by atoms with van der Waals surface area (Å²) >= 11 is 0. The molecule has 0 fully saturated rings. The first-order chi connectivity index (χ1) is 23.0. The van der Waals surface area contributed by atoms with Crippen LogP contribution in [0, 0.1) is 0 Å². The fourth-order valence-electron chi connectivity index (χ4n) is 5.89. The zero-order valence-corrected chi connectivity index (χ0v) is 26.9. The lowest BCUT2D eigenvalue weighted by Gasteiger charge is -2.44. The van der Waals surface area contributed by atoms with Crippen LogP contribution in [0.5, 0.6) is 0 Å². The Morgan fingerprint density at radius 3 is 1.08 bits per heavy atom. The van der Waals surface area contributed by atoms with Crippen molar-refractivity contribution in [3.8, 4) is 0 Å². The second-order valence-electron chi connectivity index (χ2n) is 12.2. The molecule has 0 bridgehead atoms. The summed E-state index contributed by atoms with van der Waals surface area (Å²) in [4.78, 5) is 0. The van der Waals surface area contributed by atoms with Crippen LogP contribution in [0.15, 0.2) is 84.9 Å². The molecule has 0 saturated heterocycles. The third-order valence-electron chi connectivity index (χ3n) is 8.94. The molecule has 4 aromatic carbocycles. The lowest BCUT2D eigenvalue weighted by atomic mass is 9.81. The van der Waals surface area contributed by atoms with Crippen LogP contribution in [0.1, 0.15) is 24.0 Å². The Kier molecular flexibility index (Phi) is 9.88. The third kappa shape index (κ3) is 5.92. The second kappa shape index (κ2) is 12.5. The first-order valence-electron chi connectivity index (χ1n) is 14.6. The van der Waals surface area contributed by atoms with Gasteiger partial charge in [0.2, 0.25) is 0 Å². The molecular formula is C33H24F17Si. The first kappa shape index (κ1) is 40.2. The lowest BCUT2D eigenvalue weighted by molar-refractivity contribution is -0.461. The summed E-state index contributed by atoms with van der Waals surface area (Å²) in [5, 5.41) is 0.433. The highest BCUT2D eigenvalue weighted by molar-refractivity contribution is 6.60. The highest BCUT2D eigenvalue weighted by Gasteiger charge is 2.95. The summed E-state index contributed by atoms with van der Waals surface area (Å²) in [7, 11) is -2.20. The van der Waals surface area contributed by atoms with Gasteiger partial charge in [-0.2, -0.15) is 74.6 Å². The highest BCUT2D eigenvalue weighted by Crippen LogP contribution is 2.64. The van der Waals surface area contributed by atoms with Gasteiger partial charge in [0.15, 0.2) is 0 Å². The molecule has 0 spiro atoms. The Bertz CT molecular complexity index is 1800. The van der Waals surface area contributed by atoms with Gasteiger partial charge in [-0.05, 0) is 39.1 Å². The summed E-state index contributed by atoms with van der Waals surface area (Å²) in [6, 6.07) is 21.8. The number of benzene rings is 4. The average Bonchev–Trinajstić information content (AvgIpc) is 3.03. The summed E-state index contributed by atoms with van der Waals surface area (Å²) in [6.45, 7) is 3.02. The minimum absolute atomic E-state index is 0.159.